The molecule has 1 saturated heterocycles. The Bertz CT molecular complexity index is 1120. The third kappa shape index (κ3) is 4.42. The van der Waals surface area contributed by atoms with Crippen LogP contribution in [0.15, 0.2) is 40.8 Å². The lowest BCUT2D eigenvalue weighted by Gasteiger charge is -2.29. The zero-order valence-corrected chi connectivity index (χ0v) is 18.9. The number of halogens is 1. The Balaban J connectivity index is 1.33. The van der Waals surface area contributed by atoms with Gasteiger partial charge in [0.25, 0.3) is 0 Å². The monoisotopic (exact) mass is 454 g/mol. The Kier molecular flexibility index (Phi) is 5.96. The number of hydrogen-bond donors (Lipinski definition) is 1. The first kappa shape index (κ1) is 21.1. The van der Waals surface area contributed by atoms with Crippen molar-refractivity contribution in [2.45, 2.75) is 50.5 Å². The predicted octanol–water partition coefficient (Wildman–Crippen LogP) is 5.27. The number of benzene rings is 2. The van der Waals surface area contributed by atoms with Gasteiger partial charge in [-0.25, -0.2) is 4.98 Å². The molecule has 2 fully saturated rings. The van der Waals surface area contributed by atoms with Gasteiger partial charge in [0, 0.05) is 35.9 Å². The van der Waals surface area contributed by atoms with E-state index in [9.17, 15) is 4.79 Å². The third-order valence-electron chi connectivity index (χ3n) is 6.53. The lowest BCUT2D eigenvalue weighted by atomic mass is 9.83. The van der Waals surface area contributed by atoms with E-state index in [4.69, 9.17) is 25.5 Å². The number of hydrogen-bond acceptors (Lipinski definition) is 5. The van der Waals surface area contributed by atoms with Gasteiger partial charge in [-0.1, -0.05) is 17.7 Å². The highest BCUT2D eigenvalue weighted by atomic mass is 35.5. The number of rotatable bonds is 6. The predicted molar refractivity (Wildman–Crippen MR) is 122 cm³/mol. The lowest BCUT2D eigenvalue weighted by Crippen LogP contribution is -2.41. The van der Waals surface area contributed by atoms with E-state index in [2.05, 4.69) is 22.4 Å². The molecule has 6 nitrogen and oxygen atoms in total. The molecule has 7 heteroatoms. The molecule has 2 heterocycles. The minimum Gasteiger partial charge on any atom is -0.493 e. The number of amides is 1. The topological polar surface area (TPSA) is 73.6 Å². The van der Waals surface area contributed by atoms with Crippen molar-refractivity contribution in [3.05, 3.63) is 52.9 Å². The first-order chi connectivity index (χ1) is 15.6. The molecular weight excluding hydrogens is 428 g/mol. The fourth-order valence-corrected chi connectivity index (χ4v) is 4.96. The number of methoxy groups -OCH3 is 1. The number of nitrogens with one attached hydrogen (secondary N) is 1. The van der Waals surface area contributed by atoms with Crippen LogP contribution in [0.5, 0.6) is 11.5 Å². The summed E-state index contributed by atoms with van der Waals surface area (Å²) in [6.07, 6.45) is 6.04. The number of ether oxygens (including phenoxy) is 2. The van der Waals surface area contributed by atoms with Crippen LogP contribution in [-0.2, 0) is 11.2 Å². The zero-order chi connectivity index (χ0) is 22.1. The molecule has 1 amide bonds. The van der Waals surface area contributed by atoms with Crippen molar-refractivity contribution in [3.8, 4) is 11.5 Å². The summed E-state index contributed by atoms with van der Waals surface area (Å²) in [7, 11) is 1.67. The molecular formula is C25H27ClN2O4. The van der Waals surface area contributed by atoms with Crippen LogP contribution >= 0.6 is 11.6 Å². The van der Waals surface area contributed by atoms with Crippen LogP contribution in [0, 0.1) is 5.92 Å². The van der Waals surface area contributed by atoms with E-state index in [-0.39, 0.29) is 23.8 Å². The Labute approximate surface area is 192 Å². The van der Waals surface area contributed by atoms with Gasteiger partial charge in [-0.3, -0.25) is 4.79 Å². The first-order valence-electron chi connectivity index (χ1n) is 11.3. The maximum Gasteiger partial charge on any atom is 0.223 e. The van der Waals surface area contributed by atoms with Crippen molar-refractivity contribution in [3.63, 3.8) is 0 Å². The number of fused-ring (bicyclic) bond motifs is 1. The molecule has 1 aliphatic carbocycles. The number of nitrogens with zero attached hydrogens (tertiary/aromatic N) is 1. The maximum absolute atomic E-state index is 12.6. The van der Waals surface area contributed by atoms with Gasteiger partial charge in [-0.05, 0) is 61.9 Å². The summed E-state index contributed by atoms with van der Waals surface area (Å²) in [6, 6.07) is 11.5. The summed E-state index contributed by atoms with van der Waals surface area (Å²) in [5.41, 5.74) is 2.54. The molecule has 1 N–H and O–H groups in total. The van der Waals surface area contributed by atoms with Crippen LogP contribution in [0.1, 0.15) is 49.5 Å². The van der Waals surface area contributed by atoms with Crippen LogP contribution in [-0.4, -0.2) is 30.6 Å². The molecule has 2 aromatic carbocycles. The molecule has 1 aromatic heterocycles. The third-order valence-corrected chi connectivity index (χ3v) is 6.77. The largest absolute Gasteiger partial charge is 0.493 e. The quantitative estimate of drug-likeness (QED) is 0.549. The van der Waals surface area contributed by atoms with Gasteiger partial charge in [0.05, 0.1) is 13.2 Å². The number of piperidine rings is 1. The summed E-state index contributed by atoms with van der Waals surface area (Å²) in [5, 5.41) is 3.67. The highest BCUT2D eigenvalue weighted by molar-refractivity contribution is 6.31. The van der Waals surface area contributed by atoms with Gasteiger partial charge in [0.2, 0.25) is 5.91 Å². The van der Waals surface area contributed by atoms with Crippen molar-refractivity contribution >= 4 is 28.6 Å². The Hall–Kier alpha value is -2.73. The van der Waals surface area contributed by atoms with Gasteiger partial charge < -0.3 is 19.2 Å². The van der Waals surface area contributed by atoms with E-state index in [1.54, 1.807) is 19.2 Å². The molecule has 168 valence electrons. The maximum atomic E-state index is 12.6. The summed E-state index contributed by atoms with van der Waals surface area (Å²) in [5.74, 6) is 2.12. The van der Waals surface area contributed by atoms with Gasteiger partial charge in [0.1, 0.15) is 5.52 Å². The standard InChI is InChI=1S/C25H27ClN2O4/c1-30-21-9-6-15(11-23(21)31-19-4-2-3-5-19)17-10-16(25(29)27-14-17)12-24-28-20-8-7-18(26)13-22(20)32-24/h6-9,11,13,16-17,19H,2-5,10,12,14H2,1H3,(H,27,29)/t16-,17-/m1/s1. The molecule has 0 spiro atoms. The van der Waals surface area contributed by atoms with Gasteiger partial charge >= 0.3 is 0 Å². The molecule has 32 heavy (non-hydrogen) atoms. The normalized spacial score (nSPS) is 21.6. The first-order valence-corrected chi connectivity index (χ1v) is 11.6. The zero-order valence-electron chi connectivity index (χ0n) is 18.1. The second-order valence-corrected chi connectivity index (χ2v) is 9.17. The molecule has 1 aliphatic heterocycles. The smallest absolute Gasteiger partial charge is 0.223 e. The van der Waals surface area contributed by atoms with Crippen LogP contribution in [0.2, 0.25) is 5.02 Å². The molecule has 2 atom stereocenters. The highest BCUT2D eigenvalue weighted by Gasteiger charge is 2.31. The average molecular weight is 455 g/mol. The van der Waals surface area contributed by atoms with Crippen molar-refractivity contribution in [2.75, 3.05) is 13.7 Å². The number of oxazole rings is 1. The summed E-state index contributed by atoms with van der Waals surface area (Å²) in [4.78, 5) is 17.1. The van der Waals surface area contributed by atoms with Crippen LogP contribution < -0.4 is 14.8 Å². The summed E-state index contributed by atoms with van der Waals surface area (Å²) < 4.78 is 17.6. The van der Waals surface area contributed by atoms with Gasteiger partial charge in [-0.2, -0.15) is 0 Å². The van der Waals surface area contributed by atoms with E-state index >= 15 is 0 Å². The molecule has 2 aliphatic rings. The SMILES string of the molecule is COc1ccc([C@H]2CNC(=O)[C@@H](Cc3nc4ccc(Cl)cc4o3)C2)cc1OC1CCCC1. The Morgan fingerprint density at radius 1 is 1.16 bits per heavy atom. The van der Waals surface area contributed by atoms with Crippen molar-refractivity contribution in [1.82, 2.24) is 10.3 Å². The molecule has 3 aromatic rings. The lowest BCUT2D eigenvalue weighted by molar-refractivity contribution is -0.127. The number of aromatic nitrogens is 1. The average Bonchev–Trinajstić information content (AvgIpc) is 3.44. The van der Waals surface area contributed by atoms with E-state index in [0.29, 0.717) is 29.5 Å². The van der Waals surface area contributed by atoms with Crippen molar-refractivity contribution < 1.29 is 18.7 Å². The molecule has 0 bridgehead atoms. The van der Waals surface area contributed by atoms with Crippen LogP contribution in [0.25, 0.3) is 11.1 Å². The minimum absolute atomic E-state index is 0.0393. The number of carbonyl (C=O) groups is 1. The van der Waals surface area contributed by atoms with E-state index < -0.39 is 0 Å². The van der Waals surface area contributed by atoms with Crippen molar-refractivity contribution in [2.24, 2.45) is 5.92 Å². The minimum atomic E-state index is -0.210. The van der Waals surface area contributed by atoms with Crippen molar-refractivity contribution in [1.29, 1.82) is 0 Å². The van der Waals surface area contributed by atoms with E-state index in [1.165, 1.54) is 12.8 Å². The fraction of sp³-hybridized carbons (Fsp3) is 0.440. The van der Waals surface area contributed by atoms with Crippen LogP contribution in [0.4, 0.5) is 0 Å². The number of carbonyl (C=O) groups excluding carboxylic acids is 1. The van der Waals surface area contributed by atoms with Gasteiger partial charge in [0.15, 0.2) is 23.0 Å². The van der Waals surface area contributed by atoms with E-state index in [0.717, 1.165) is 41.8 Å². The molecule has 0 radical (unpaired) electrons. The van der Waals surface area contributed by atoms with Crippen LogP contribution in [0.3, 0.4) is 0 Å². The molecule has 0 unspecified atom stereocenters. The summed E-state index contributed by atoms with van der Waals surface area (Å²) in [6.45, 7) is 0.605. The Morgan fingerprint density at radius 3 is 2.81 bits per heavy atom. The summed E-state index contributed by atoms with van der Waals surface area (Å²) >= 11 is 6.05. The van der Waals surface area contributed by atoms with Gasteiger partial charge in [-0.15, -0.1) is 0 Å². The molecule has 1 saturated carbocycles. The highest BCUT2D eigenvalue weighted by Crippen LogP contribution is 2.37. The molecule has 5 rings (SSSR count). The second kappa shape index (κ2) is 9.02. The fourth-order valence-electron chi connectivity index (χ4n) is 4.80. The second-order valence-electron chi connectivity index (χ2n) is 8.73. The Morgan fingerprint density at radius 2 is 2.00 bits per heavy atom. The van der Waals surface area contributed by atoms with E-state index in [1.807, 2.05) is 12.1 Å².